The fourth-order valence-electron chi connectivity index (χ4n) is 3.83. The number of carbonyl (C=O) groups excluding carboxylic acids is 1. The van der Waals surface area contributed by atoms with Crippen LogP contribution in [0.4, 0.5) is 17.5 Å². The third-order valence-electron chi connectivity index (χ3n) is 5.44. The Morgan fingerprint density at radius 1 is 1.21 bits per heavy atom. The fourth-order valence-corrected chi connectivity index (χ4v) is 3.83. The van der Waals surface area contributed by atoms with Crippen molar-refractivity contribution in [3.8, 4) is 0 Å². The molecule has 3 aromatic rings. The molecule has 0 radical (unpaired) electrons. The normalized spacial score (nSPS) is 28.4. The van der Waals surface area contributed by atoms with E-state index in [-0.39, 0.29) is 41.6 Å². The van der Waals surface area contributed by atoms with E-state index in [4.69, 9.17) is 15.1 Å². The first-order valence-electron chi connectivity index (χ1n) is 15.9. The molecule has 0 aromatic carbocycles. The number of hydrogen-bond donors (Lipinski definition) is 2. The van der Waals surface area contributed by atoms with Crippen LogP contribution in [0.1, 0.15) is 69.6 Å². The van der Waals surface area contributed by atoms with Gasteiger partial charge in [0.05, 0.1) is 22.9 Å². The van der Waals surface area contributed by atoms with E-state index in [0.717, 1.165) is 22.6 Å². The summed E-state index contributed by atoms with van der Waals surface area (Å²) < 4.78 is 90.8. The van der Waals surface area contributed by atoms with Gasteiger partial charge in [0.1, 0.15) is 11.5 Å². The molecule has 1 saturated heterocycles. The van der Waals surface area contributed by atoms with Crippen LogP contribution in [0.2, 0.25) is 0 Å². The van der Waals surface area contributed by atoms with Crippen LogP contribution in [0, 0.1) is 6.85 Å². The summed E-state index contributed by atoms with van der Waals surface area (Å²) in [5.74, 6) is -0.844. The molecule has 5 rings (SSSR count). The monoisotopic (exact) mass is 458 g/mol. The zero-order valence-electron chi connectivity index (χ0n) is 28.8. The highest BCUT2D eigenvalue weighted by atomic mass is 16.1. The molecule has 0 atom stereocenters. The Labute approximate surface area is 207 Å². The molecular formula is C24H29N7O2. The summed E-state index contributed by atoms with van der Waals surface area (Å²) in [6.07, 6.45) is -3.12. The molecule has 2 fully saturated rings. The van der Waals surface area contributed by atoms with Crippen molar-refractivity contribution in [2.75, 3.05) is 36.3 Å². The smallest absolute Gasteiger partial charge is 0.263 e. The Morgan fingerprint density at radius 2 is 2.00 bits per heavy atom. The van der Waals surface area contributed by atoms with Crippen LogP contribution < -0.4 is 21.1 Å². The van der Waals surface area contributed by atoms with E-state index in [9.17, 15) is 9.59 Å². The maximum Gasteiger partial charge on any atom is 0.263 e. The summed E-state index contributed by atoms with van der Waals surface area (Å²) in [5, 5.41) is 5.38. The Kier molecular flexibility index (Phi) is 3.30. The molecule has 9 heteroatoms. The topological polar surface area (TPSA) is 105 Å². The molecule has 0 amide bonds. The second-order valence-corrected chi connectivity index (χ2v) is 7.61. The minimum atomic E-state index is -2.92. The minimum Gasteiger partial charge on any atom is -0.368 e. The molecule has 33 heavy (non-hydrogen) atoms. The molecule has 0 unspecified atom stereocenters. The number of hydrogen-bond acceptors (Lipinski definition) is 8. The number of piperazine rings is 1. The third kappa shape index (κ3) is 4.08. The third-order valence-corrected chi connectivity index (χ3v) is 5.44. The molecule has 3 aromatic heterocycles. The maximum absolute atomic E-state index is 13.7. The van der Waals surface area contributed by atoms with Crippen LogP contribution in [0.5, 0.6) is 0 Å². The van der Waals surface area contributed by atoms with Gasteiger partial charge in [-0.3, -0.25) is 14.2 Å². The second-order valence-electron chi connectivity index (χ2n) is 7.61. The highest BCUT2D eigenvalue weighted by Crippen LogP contribution is 2.32. The van der Waals surface area contributed by atoms with Crippen molar-refractivity contribution in [1.82, 2.24) is 24.8 Å². The predicted octanol–water partition coefficient (Wildman–Crippen LogP) is 2.97. The summed E-state index contributed by atoms with van der Waals surface area (Å²) >= 11 is 0. The van der Waals surface area contributed by atoms with E-state index < -0.39 is 73.9 Å². The number of aromatic nitrogens is 4. The van der Waals surface area contributed by atoms with Crippen molar-refractivity contribution in [1.29, 1.82) is 0 Å². The van der Waals surface area contributed by atoms with Crippen molar-refractivity contribution in [2.24, 2.45) is 0 Å². The Morgan fingerprint density at radius 3 is 2.67 bits per heavy atom. The van der Waals surface area contributed by atoms with Crippen molar-refractivity contribution in [3.05, 3.63) is 46.0 Å². The lowest BCUT2D eigenvalue weighted by atomic mass is 10.0. The molecular weight excluding hydrogens is 418 g/mol. The maximum atomic E-state index is 13.7. The number of nitrogens with zero attached hydrogens (tertiary/aromatic N) is 5. The van der Waals surface area contributed by atoms with Crippen molar-refractivity contribution in [3.63, 3.8) is 0 Å². The molecule has 2 aliphatic rings. The summed E-state index contributed by atoms with van der Waals surface area (Å²) in [6.45, 7) is -6.19. The highest BCUT2D eigenvalue weighted by Gasteiger charge is 2.25. The Balaban J connectivity index is 1.61. The van der Waals surface area contributed by atoms with Crippen LogP contribution in [-0.4, -0.2) is 51.4 Å². The molecule has 172 valence electrons. The largest absolute Gasteiger partial charge is 0.368 e. The van der Waals surface area contributed by atoms with Gasteiger partial charge < -0.3 is 15.5 Å². The molecule has 1 aliphatic heterocycles. The van der Waals surface area contributed by atoms with Crippen molar-refractivity contribution < 1.29 is 19.9 Å². The molecule has 2 N–H and O–H groups in total. The first-order chi connectivity index (χ1) is 20.2. The number of ketones is 1. The van der Waals surface area contributed by atoms with Crippen LogP contribution in [0.25, 0.3) is 11.0 Å². The molecule has 0 spiro atoms. The highest BCUT2D eigenvalue weighted by molar-refractivity contribution is 5.99. The van der Waals surface area contributed by atoms with Gasteiger partial charge in [0.15, 0.2) is 5.78 Å². The van der Waals surface area contributed by atoms with Gasteiger partial charge >= 0.3 is 0 Å². The van der Waals surface area contributed by atoms with Gasteiger partial charge in [0, 0.05) is 53.3 Å². The number of pyridine rings is 2. The lowest BCUT2D eigenvalue weighted by Crippen LogP contribution is -2.43. The zero-order valence-corrected chi connectivity index (χ0v) is 17.8. The summed E-state index contributed by atoms with van der Waals surface area (Å²) in [6, 6.07) is 1.78. The number of rotatable bonds is 5. The van der Waals surface area contributed by atoms with Crippen LogP contribution in [-0.2, 0) is 0 Å². The first-order valence-corrected chi connectivity index (χ1v) is 10.4. The fraction of sp³-hybridized carbons (Fsp3) is 0.458. The number of nitrogens with one attached hydrogen (secondary N) is 2. The van der Waals surface area contributed by atoms with E-state index in [1.807, 2.05) is 0 Å². The lowest BCUT2D eigenvalue weighted by Gasteiger charge is -2.29. The number of aryl methyl sites for hydroxylation is 1. The van der Waals surface area contributed by atoms with E-state index in [0.29, 0.717) is 0 Å². The van der Waals surface area contributed by atoms with Gasteiger partial charge in [-0.15, -0.1) is 0 Å². The second kappa shape index (κ2) is 8.90. The van der Waals surface area contributed by atoms with E-state index >= 15 is 0 Å². The van der Waals surface area contributed by atoms with Crippen LogP contribution in [0.3, 0.4) is 0 Å². The van der Waals surface area contributed by atoms with Gasteiger partial charge in [0.25, 0.3) is 5.56 Å². The van der Waals surface area contributed by atoms with Gasteiger partial charge in [0.2, 0.25) is 5.95 Å². The lowest BCUT2D eigenvalue weighted by molar-refractivity contribution is 0.101. The zero-order chi connectivity index (χ0) is 32.6. The molecule has 4 heterocycles. The average molecular weight is 459 g/mol. The first kappa shape index (κ1) is 12.2. The summed E-state index contributed by atoms with van der Waals surface area (Å²) in [7, 11) is 0. The number of fused-ring (bicyclic) bond motifs is 1. The van der Waals surface area contributed by atoms with Crippen molar-refractivity contribution in [2.45, 2.75) is 45.4 Å². The quantitative estimate of drug-likeness (QED) is 0.562. The number of carbonyl (C=O) groups is 1. The van der Waals surface area contributed by atoms with Gasteiger partial charge in [-0.25, -0.2) is 9.97 Å². The molecule has 1 aliphatic carbocycles. The van der Waals surface area contributed by atoms with E-state index in [1.165, 1.54) is 18.3 Å². The summed E-state index contributed by atoms with van der Waals surface area (Å²) in [4.78, 5) is 40.1. The SMILES string of the molecule is [2H]C([2H])([2H])c1c(C(C)=O)c(=O)n(C2CC([2H])([2H])C([2H])([2H])C2)c2nc(Nc3ccc(N4C([2H])([2H])CNCC4([2H])[2H])cn3)ncc12. The molecule has 9 nitrogen and oxygen atoms in total. The Hall–Kier alpha value is -3.33. The Bertz CT molecular complexity index is 1660. The minimum absolute atomic E-state index is 0.104. The van der Waals surface area contributed by atoms with E-state index in [1.54, 1.807) is 0 Å². The standard InChI is InChI=1S/C24H29N7O2/c1-15-19-14-27-24(28-20-8-7-18(13-26-20)30-11-9-25-10-12-30)29-22(19)31(17-5-3-4-6-17)23(33)21(15)16(2)32/h7-8,13-14,17,25H,3-6,9-12H2,1-2H3,(H,26,27,28,29)/i1D3,3D2,4D2,11D2,12D2. The summed E-state index contributed by atoms with van der Waals surface area (Å²) in [5.41, 5.74) is -2.27. The van der Waals surface area contributed by atoms with Gasteiger partial charge in [-0.05, 0) is 44.3 Å². The molecule has 1 saturated carbocycles. The van der Waals surface area contributed by atoms with Crippen LogP contribution >= 0.6 is 0 Å². The van der Waals surface area contributed by atoms with Crippen LogP contribution in [0.15, 0.2) is 29.3 Å². The number of Topliss-reactive ketones (excluding diaryl/α,β-unsaturated/α-hetero) is 1. The molecule has 0 bridgehead atoms. The van der Waals surface area contributed by atoms with Gasteiger partial charge in [-0.1, -0.05) is 12.7 Å². The average Bonchev–Trinajstić information content (AvgIpc) is 3.08. The van der Waals surface area contributed by atoms with E-state index in [2.05, 4.69) is 25.6 Å². The predicted molar refractivity (Wildman–Crippen MR) is 129 cm³/mol. The van der Waals surface area contributed by atoms with Crippen molar-refractivity contribution >= 4 is 34.3 Å². The number of anilines is 3. The van der Waals surface area contributed by atoms with Gasteiger partial charge in [-0.2, -0.15) is 4.98 Å².